The number of hydroxylamine groups is 1. The first-order chi connectivity index (χ1) is 23.5. The van der Waals surface area contributed by atoms with E-state index in [1.165, 1.54) is 43.8 Å². The molecule has 5 heteroatoms. The minimum atomic E-state index is -0.0138. The van der Waals surface area contributed by atoms with Gasteiger partial charge in [0.05, 0.1) is 17.1 Å². The maximum Gasteiger partial charge on any atom is 0.0868 e. The molecule has 49 heavy (non-hydrogen) atoms. The average molecular weight is 713 g/mol. The minimum absolute atomic E-state index is 0. The Morgan fingerprint density at radius 1 is 0.653 bits per heavy atom. The standard InChI is InChI=1S/C44H37N3O.Y/c1-45-42-26-24-37(28-44(42)47(3)48)31-15-20-35(21-16-31)43(46-2)29-41(32-9-5-4-6-10-32)34-17-13-30(14-18-34)36-23-25-40-38(27-36)22-19-33-11-7-8-12-39(33)40;/h4-29,41,45,48H,2H2,1,3H3;/b43-29-;. The van der Waals surface area contributed by atoms with E-state index in [2.05, 4.69) is 150 Å². The molecule has 0 saturated carbocycles. The SMILES string of the molecule is C=N/C(=C\C(c1ccccc1)c1ccc(-c2ccc3c(ccc4ccccc43)c2)cc1)c1ccc(-c2ccc(NC)c(N(C)O)c2)cc1.[Y]. The molecule has 1 radical (unpaired) electrons. The molecule has 0 bridgehead atoms. The van der Waals surface area contributed by atoms with Crippen LogP contribution in [0.15, 0.2) is 163 Å². The molecule has 1 unspecified atom stereocenters. The Balaban J connectivity index is 0.00000417. The summed E-state index contributed by atoms with van der Waals surface area (Å²) < 4.78 is 0. The maximum absolute atomic E-state index is 10.1. The largest absolute Gasteiger partial charge is 0.386 e. The molecule has 0 aliphatic carbocycles. The van der Waals surface area contributed by atoms with Crippen LogP contribution in [0.4, 0.5) is 11.4 Å². The summed E-state index contributed by atoms with van der Waals surface area (Å²) >= 11 is 0. The number of fused-ring (bicyclic) bond motifs is 3. The van der Waals surface area contributed by atoms with Crippen LogP contribution in [0, 0.1) is 0 Å². The van der Waals surface area contributed by atoms with E-state index in [1.54, 1.807) is 7.05 Å². The van der Waals surface area contributed by atoms with Crippen LogP contribution in [0.1, 0.15) is 22.6 Å². The summed E-state index contributed by atoms with van der Waals surface area (Å²) in [6.07, 6.45) is 2.20. The predicted octanol–water partition coefficient (Wildman–Crippen LogP) is 11.1. The number of hydrogen-bond acceptors (Lipinski definition) is 4. The quantitative estimate of drug-likeness (QED) is 0.0890. The van der Waals surface area contributed by atoms with Crippen molar-refractivity contribution in [2.45, 2.75) is 5.92 Å². The van der Waals surface area contributed by atoms with Crippen LogP contribution < -0.4 is 10.4 Å². The first-order valence-electron chi connectivity index (χ1n) is 16.1. The van der Waals surface area contributed by atoms with Crippen molar-refractivity contribution in [2.75, 3.05) is 24.5 Å². The van der Waals surface area contributed by atoms with Crippen molar-refractivity contribution in [3.63, 3.8) is 0 Å². The van der Waals surface area contributed by atoms with E-state index in [0.29, 0.717) is 5.69 Å². The van der Waals surface area contributed by atoms with Gasteiger partial charge in [-0.2, -0.15) is 0 Å². The van der Waals surface area contributed by atoms with Crippen LogP contribution in [0.3, 0.4) is 0 Å². The predicted molar refractivity (Wildman–Crippen MR) is 204 cm³/mol. The van der Waals surface area contributed by atoms with Crippen molar-refractivity contribution in [3.8, 4) is 22.3 Å². The van der Waals surface area contributed by atoms with Gasteiger partial charge in [-0.15, -0.1) is 0 Å². The van der Waals surface area contributed by atoms with Crippen LogP contribution in [0.25, 0.3) is 49.5 Å². The maximum atomic E-state index is 10.1. The van der Waals surface area contributed by atoms with Crippen molar-refractivity contribution in [2.24, 2.45) is 4.99 Å². The van der Waals surface area contributed by atoms with Gasteiger partial charge in [0.1, 0.15) is 0 Å². The number of allylic oxidation sites excluding steroid dienone is 1. The molecule has 7 rings (SSSR count). The molecule has 2 N–H and O–H groups in total. The summed E-state index contributed by atoms with van der Waals surface area (Å²) in [6, 6.07) is 53.5. The fraction of sp³-hybridized carbons (Fsp3) is 0.0682. The van der Waals surface area contributed by atoms with E-state index in [0.717, 1.165) is 33.1 Å². The van der Waals surface area contributed by atoms with Crippen molar-refractivity contribution in [1.82, 2.24) is 0 Å². The molecule has 0 heterocycles. The van der Waals surface area contributed by atoms with Gasteiger partial charge in [0.15, 0.2) is 0 Å². The van der Waals surface area contributed by atoms with Gasteiger partial charge < -0.3 is 5.32 Å². The van der Waals surface area contributed by atoms with E-state index < -0.39 is 0 Å². The third-order valence-electron chi connectivity index (χ3n) is 9.13. The molecule has 4 nitrogen and oxygen atoms in total. The number of anilines is 2. The molecule has 0 spiro atoms. The zero-order valence-corrected chi connectivity index (χ0v) is 30.6. The van der Waals surface area contributed by atoms with Gasteiger partial charge in [-0.3, -0.25) is 15.3 Å². The van der Waals surface area contributed by atoms with E-state index in [1.807, 2.05) is 31.3 Å². The second-order valence-electron chi connectivity index (χ2n) is 12.0. The Bertz CT molecular complexity index is 2260. The van der Waals surface area contributed by atoms with Crippen LogP contribution in [0.2, 0.25) is 0 Å². The number of nitrogens with one attached hydrogen (secondary N) is 1. The average Bonchev–Trinajstić information content (AvgIpc) is 3.15. The third-order valence-corrected chi connectivity index (χ3v) is 9.13. The zero-order chi connectivity index (χ0) is 33.0. The van der Waals surface area contributed by atoms with Gasteiger partial charge in [0.2, 0.25) is 0 Å². The zero-order valence-electron chi connectivity index (χ0n) is 27.7. The van der Waals surface area contributed by atoms with Crippen LogP contribution >= 0.6 is 0 Å². The summed E-state index contributed by atoms with van der Waals surface area (Å²) in [5, 5.41) is 19.4. The summed E-state index contributed by atoms with van der Waals surface area (Å²) in [7, 11) is 3.47. The smallest absolute Gasteiger partial charge is 0.0868 e. The Morgan fingerprint density at radius 3 is 1.92 bits per heavy atom. The van der Waals surface area contributed by atoms with Crippen molar-refractivity contribution >= 4 is 45.3 Å². The van der Waals surface area contributed by atoms with Gasteiger partial charge in [0.25, 0.3) is 0 Å². The molecular formula is C44H37N3OY. The molecule has 7 aromatic carbocycles. The minimum Gasteiger partial charge on any atom is -0.386 e. The van der Waals surface area contributed by atoms with Crippen LogP contribution in [-0.4, -0.2) is 26.0 Å². The fourth-order valence-electron chi connectivity index (χ4n) is 6.54. The first kappa shape index (κ1) is 34.0. The first-order valence-corrected chi connectivity index (χ1v) is 16.1. The van der Waals surface area contributed by atoms with Crippen molar-refractivity contribution in [1.29, 1.82) is 0 Å². The summed E-state index contributed by atoms with van der Waals surface area (Å²) in [4.78, 5) is 4.49. The van der Waals surface area contributed by atoms with Gasteiger partial charge in [0, 0.05) is 52.7 Å². The van der Waals surface area contributed by atoms with Crippen molar-refractivity contribution in [3.05, 3.63) is 174 Å². The second-order valence-corrected chi connectivity index (χ2v) is 12.0. The Labute approximate surface area is 313 Å². The topological polar surface area (TPSA) is 47.9 Å². The molecular weight excluding hydrogens is 675 g/mol. The number of hydrogen-bond donors (Lipinski definition) is 2. The number of aliphatic imine (C=N–C) groups is 1. The summed E-state index contributed by atoms with van der Waals surface area (Å²) in [5.74, 6) is -0.0138. The molecule has 0 aliphatic heterocycles. The van der Waals surface area contributed by atoms with E-state index in [9.17, 15) is 5.21 Å². The van der Waals surface area contributed by atoms with Crippen LogP contribution in [0.5, 0.6) is 0 Å². The molecule has 0 saturated heterocycles. The molecule has 0 amide bonds. The number of nitrogens with zero attached hydrogens (tertiary/aromatic N) is 2. The second kappa shape index (κ2) is 15.1. The fourth-order valence-corrected chi connectivity index (χ4v) is 6.54. The summed E-state index contributed by atoms with van der Waals surface area (Å²) in [6.45, 7) is 3.95. The Morgan fingerprint density at radius 2 is 1.22 bits per heavy atom. The molecule has 0 aliphatic rings. The van der Waals surface area contributed by atoms with E-state index in [4.69, 9.17) is 0 Å². The van der Waals surface area contributed by atoms with Crippen molar-refractivity contribution < 1.29 is 37.9 Å². The molecule has 1 atom stereocenters. The Hall–Kier alpha value is -4.87. The number of benzene rings is 7. The molecule has 7 aromatic rings. The van der Waals surface area contributed by atoms with E-state index in [-0.39, 0.29) is 38.6 Å². The molecule has 237 valence electrons. The number of rotatable bonds is 9. The molecule has 0 aromatic heterocycles. The van der Waals surface area contributed by atoms with Gasteiger partial charge in [-0.05, 0) is 91.5 Å². The van der Waals surface area contributed by atoms with Gasteiger partial charge in [-0.1, -0.05) is 133 Å². The summed E-state index contributed by atoms with van der Waals surface area (Å²) in [5.41, 5.74) is 10.2. The van der Waals surface area contributed by atoms with E-state index >= 15 is 0 Å². The monoisotopic (exact) mass is 712 g/mol. The third kappa shape index (κ3) is 7.14. The molecule has 0 fully saturated rings. The van der Waals surface area contributed by atoms with Gasteiger partial charge in [-0.25, -0.2) is 0 Å². The van der Waals surface area contributed by atoms with Gasteiger partial charge >= 0.3 is 0 Å². The van der Waals surface area contributed by atoms with Crippen LogP contribution in [-0.2, 0) is 32.7 Å². The Kier molecular flexibility index (Phi) is 10.5. The normalized spacial score (nSPS) is 11.9.